The van der Waals surface area contributed by atoms with Gasteiger partial charge in [-0.3, -0.25) is 9.59 Å². The number of fused-ring (bicyclic) bond motifs is 1. The van der Waals surface area contributed by atoms with Crippen molar-refractivity contribution in [2.45, 2.75) is 6.92 Å². The third kappa shape index (κ3) is 6.12. The van der Waals surface area contributed by atoms with Crippen LogP contribution in [0.1, 0.15) is 22.8 Å². The maximum Gasteiger partial charge on any atom is 0.344 e. The molecule has 0 saturated heterocycles. The van der Waals surface area contributed by atoms with Crippen LogP contribution >= 0.6 is 0 Å². The Kier molecular flexibility index (Phi) is 7.67. The first-order valence-electron chi connectivity index (χ1n) is 11.2. The van der Waals surface area contributed by atoms with Crippen LogP contribution in [0.4, 0.5) is 5.69 Å². The predicted octanol–water partition coefficient (Wildman–Crippen LogP) is 4.55. The Bertz CT molecular complexity index is 1410. The minimum Gasteiger partial charge on any atom is -0.494 e. The lowest BCUT2D eigenvalue weighted by molar-refractivity contribution is -0.136. The van der Waals surface area contributed by atoms with Gasteiger partial charge in [0.15, 0.2) is 0 Å². The fraction of sp³-hybridized carbons (Fsp3) is 0.0714. The lowest BCUT2D eigenvalue weighted by atomic mass is 10.0. The molecular weight excluding hydrogens is 458 g/mol. The van der Waals surface area contributed by atoms with Crippen molar-refractivity contribution in [2.75, 3.05) is 11.9 Å². The van der Waals surface area contributed by atoms with Crippen LogP contribution in [0.3, 0.4) is 0 Å². The summed E-state index contributed by atoms with van der Waals surface area (Å²) in [6, 6.07) is 26.3. The van der Waals surface area contributed by atoms with Gasteiger partial charge in [-0.1, -0.05) is 36.4 Å². The number of ether oxygens (including phenoxy) is 2. The van der Waals surface area contributed by atoms with Crippen LogP contribution in [0.2, 0.25) is 0 Å². The highest BCUT2D eigenvalue weighted by Crippen LogP contribution is 2.21. The number of nitrogens with zero attached hydrogens (tertiary/aromatic N) is 1. The molecule has 8 nitrogen and oxygen atoms in total. The highest BCUT2D eigenvalue weighted by atomic mass is 16.5. The van der Waals surface area contributed by atoms with Crippen LogP contribution in [-0.4, -0.2) is 30.6 Å². The molecule has 8 heteroatoms. The van der Waals surface area contributed by atoms with E-state index < -0.39 is 17.8 Å². The smallest absolute Gasteiger partial charge is 0.344 e. The molecule has 0 fully saturated rings. The second-order valence-corrected chi connectivity index (χ2v) is 7.60. The summed E-state index contributed by atoms with van der Waals surface area (Å²) in [5, 5.41) is 8.05. The molecule has 0 aliphatic carbocycles. The number of hydrogen-bond donors (Lipinski definition) is 2. The van der Waals surface area contributed by atoms with E-state index in [1.807, 2.05) is 43.3 Å². The van der Waals surface area contributed by atoms with Crippen LogP contribution in [0.15, 0.2) is 96.1 Å². The van der Waals surface area contributed by atoms with Crippen LogP contribution in [0.25, 0.3) is 10.8 Å². The minimum atomic E-state index is -0.916. The SMILES string of the molecule is CCOc1ccc(NC(=O)C(=O)NN=Cc2ccc(OC(=O)c3cccc4ccccc34)cc2)cc1. The first-order valence-corrected chi connectivity index (χ1v) is 11.2. The standard InChI is InChI=1S/C28H23N3O5/c1-2-35-22-16-12-21(13-17-22)30-26(32)27(33)31-29-18-19-10-14-23(15-11-19)36-28(34)25-9-5-7-20-6-3-4-8-24(20)25/h3-18H,2H2,1H3,(H,30,32)(H,31,33). The lowest BCUT2D eigenvalue weighted by Gasteiger charge is -2.07. The molecule has 0 heterocycles. The first kappa shape index (κ1) is 24.2. The van der Waals surface area contributed by atoms with E-state index in [-0.39, 0.29) is 0 Å². The first-order chi connectivity index (χ1) is 17.5. The molecule has 4 aromatic carbocycles. The van der Waals surface area contributed by atoms with Crippen molar-refractivity contribution in [1.29, 1.82) is 0 Å². The molecule has 0 unspecified atom stereocenters. The molecule has 0 atom stereocenters. The van der Waals surface area contributed by atoms with E-state index in [9.17, 15) is 14.4 Å². The van der Waals surface area contributed by atoms with Crippen molar-refractivity contribution in [1.82, 2.24) is 5.43 Å². The Balaban J connectivity index is 1.30. The third-order valence-electron chi connectivity index (χ3n) is 5.11. The molecule has 2 amide bonds. The van der Waals surface area contributed by atoms with E-state index in [1.165, 1.54) is 6.21 Å². The molecule has 0 aliphatic heterocycles. The summed E-state index contributed by atoms with van der Waals surface area (Å²) in [6.45, 7) is 2.40. The molecule has 4 rings (SSSR count). The van der Waals surface area contributed by atoms with Crippen molar-refractivity contribution in [3.8, 4) is 11.5 Å². The van der Waals surface area contributed by atoms with Gasteiger partial charge in [0.2, 0.25) is 0 Å². The zero-order valence-corrected chi connectivity index (χ0v) is 19.4. The number of hydrogen-bond acceptors (Lipinski definition) is 6. The molecule has 2 N–H and O–H groups in total. The van der Waals surface area contributed by atoms with Gasteiger partial charge in [-0.25, -0.2) is 10.2 Å². The Labute approximate surface area is 207 Å². The van der Waals surface area contributed by atoms with Crippen LogP contribution in [0.5, 0.6) is 11.5 Å². The fourth-order valence-corrected chi connectivity index (χ4v) is 3.39. The summed E-state index contributed by atoms with van der Waals surface area (Å²) in [7, 11) is 0. The van der Waals surface area contributed by atoms with Gasteiger partial charge in [-0.15, -0.1) is 0 Å². The highest BCUT2D eigenvalue weighted by Gasteiger charge is 2.13. The monoisotopic (exact) mass is 481 g/mol. The quantitative estimate of drug-likeness (QED) is 0.132. The van der Waals surface area contributed by atoms with Gasteiger partial charge in [0.25, 0.3) is 0 Å². The molecule has 0 bridgehead atoms. The second kappa shape index (κ2) is 11.4. The maximum absolute atomic E-state index is 12.7. The number of rotatable bonds is 7. The maximum atomic E-state index is 12.7. The van der Waals surface area contributed by atoms with Crippen LogP contribution in [-0.2, 0) is 9.59 Å². The van der Waals surface area contributed by atoms with Gasteiger partial charge in [0.05, 0.1) is 18.4 Å². The van der Waals surface area contributed by atoms with E-state index in [0.717, 1.165) is 10.8 Å². The summed E-state index contributed by atoms with van der Waals surface area (Å²) < 4.78 is 10.8. The zero-order chi connectivity index (χ0) is 25.3. The number of esters is 1. The number of amides is 2. The van der Waals surface area contributed by atoms with Crippen LogP contribution < -0.4 is 20.2 Å². The van der Waals surface area contributed by atoms with E-state index in [2.05, 4.69) is 15.8 Å². The molecule has 0 radical (unpaired) electrons. The molecule has 0 saturated carbocycles. The molecule has 0 spiro atoms. The molecule has 0 aromatic heterocycles. The van der Waals surface area contributed by atoms with Crippen molar-refractivity contribution in [2.24, 2.45) is 5.10 Å². The number of hydrazone groups is 1. The highest BCUT2D eigenvalue weighted by molar-refractivity contribution is 6.39. The topological polar surface area (TPSA) is 106 Å². The zero-order valence-electron chi connectivity index (χ0n) is 19.4. The van der Waals surface area contributed by atoms with Gasteiger partial charge in [0.1, 0.15) is 11.5 Å². The van der Waals surface area contributed by atoms with E-state index in [4.69, 9.17) is 9.47 Å². The fourth-order valence-electron chi connectivity index (χ4n) is 3.39. The number of carbonyl (C=O) groups is 3. The summed E-state index contributed by atoms with van der Waals surface area (Å²) in [5.74, 6) is -1.20. The molecule has 4 aromatic rings. The molecular formula is C28H23N3O5. The Morgan fingerprint density at radius 1 is 0.806 bits per heavy atom. The number of benzene rings is 4. The summed E-state index contributed by atoms with van der Waals surface area (Å²) >= 11 is 0. The van der Waals surface area contributed by atoms with Gasteiger partial charge >= 0.3 is 17.8 Å². The van der Waals surface area contributed by atoms with Crippen molar-refractivity contribution in [3.05, 3.63) is 102 Å². The number of carbonyl (C=O) groups excluding carboxylic acids is 3. The number of nitrogens with one attached hydrogen (secondary N) is 2. The lowest BCUT2D eigenvalue weighted by Crippen LogP contribution is -2.32. The average molecular weight is 482 g/mol. The van der Waals surface area contributed by atoms with Crippen molar-refractivity contribution >= 4 is 40.5 Å². The molecule has 0 aliphatic rings. The van der Waals surface area contributed by atoms with E-state index in [0.29, 0.717) is 34.9 Å². The molecule has 180 valence electrons. The summed E-state index contributed by atoms with van der Waals surface area (Å²) in [4.78, 5) is 36.7. The third-order valence-corrected chi connectivity index (χ3v) is 5.11. The minimum absolute atomic E-state index is 0.365. The Morgan fingerprint density at radius 2 is 1.50 bits per heavy atom. The Hall–Kier alpha value is -4.98. The van der Waals surface area contributed by atoms with Gasteiger partial charge < -0.3 is 14.8 Å². The summed E-state index contributed by atoms with van der Waals surface area (Å²) in [5.41, 5.74) is 3.74. The average Bonchev–Trinajstić information content (AvgIpc) is 2.90. The molecule has 36 heavy (non-hydrogen) atoms. The van der Waals surface area contributed by atoms with E-state index >= 15 is 0 Å². The van der Waals surface area contributed by atoms with Crippen LogP contribution in [0, 0.1) is 0 Å². The van der Waals surface area contributed by atoms with Gasteiger partial charge in [-0.2, -0.15) is 5.10 Å². The van der Waals surface area contributed by atoms with Crippen molar-refractivity contribution in [3.63, 3.8) is 0 Å². The van der Waals surface area contributed by atoms with E-state index in [1.54, 1.807) is 54.6 Å². The van der Waals surface area contributed by atoms with Gasteiger partial charge in [-0.05, 0) is 77.9 Å². The predicted molar refractivity (Wildman–Crippen MR) is 137 cm³/mol. The largest absolute Gasteiger partial charge is 0.494 e. The Morgan fingerprint density at radius 3 is 2.25 bits per heavy atom. The van der Waals surface area contributed by atoms with Gasteiger partial charge in [0, 0.05) is 5.69 Å². The normalized spacial score (nSPS) is 10.7. The number of anilines is 1. The second-order valence-electron chi connectivity index (χ2n) is 7.60. The van der Waals surface area contributed by atoms with Crippen molar-refractivity contribution < 1.29 is 23.9 Å². The summed E-state index contributed by atoms with van der Waals surface area (Å²) in [6.07, 6.45) is 1.37.